The minimum Gasteiger partial charge on any atom is -0.373 e. The topological polar surface area (TPSA) is 64.3 Å². The van der Waals surface area contributed by atoms with Gasteiger partial charge < -0.3 is 14.2 Å². The van der Waals surface area contributed by atoms with Crippen molar-refractivity contribution in [2.24, 2.45) is 5.41 Å². The number of nitrogens with zero attached hydrogens (tertiary/aromatic N) is 4. The first-order valence-electron chi connectivity index (χ1n) is 11.6. The van der Waals surface area contributed by atoms with E-state index in [2.05, 4.69) is 26.3 Å². The molecule has 6 nitrogen and oxygen atoms in total. The van der Waals surface area contributed by atoms with Gasteiger partial charge in [0.1, 0.15) is 11.5 Å². The lowest BCUT2D eigenvalue weighted by Crippen LogP contribution is -2.44. The van der Waals surface area contributed by atoms with E-state index in [1.807, 2.05) is 31.2 Å². The van der Waals surface area contributed by atoms with Gasteiger partial charge in [-0.3, -0.25) is 0 Å². The zero-order valence-corrected chi connectivity index (χ0v) is 20.1. The first-order valence-corrected chi connectivity index (χ1v) is 12.4. The summed E-state index contributed by atoms with van der Waals surface area (Å²) in [6.07, 6.45) is 5.79. The van der Waals surface area contributed by atoms with E-state index in [4.69, 9.17) is 32.5 Å². The third-order valence-electron chi connectivity index (χ3n) is 7.30. The van der Waals surface area contributed by atoms with E-state index in [0.717, 1.165) is 67.2 Å². The molecule has 3 aromatic rings. The molecular weight excluding hydrogens is 459 g/mol. The Hall–Kier alpha value is -2.15. The van der Waals surface area contributed by atoms with Crippen molar-refractivity contribution in [3.05, 3.63) is 57.4 Å². The zero-order chi connectivity index (χ0) is 22.6. The molecule has 0 unspecified atom stereocenters. The number of benzene rings is 1. The molecule has 0 amide bonds. The van der Waals surface area contributed by atoms with Crippen LogP contribution in [0.15, 0.2) is 34.9 Å². The Morgan fingerprint density at radius 3 is 2.61 bits per heavy atom. The van der Waals surface area contributed by atoms with Crippen molar-refractivity contribution < 1.29 is 9.26 Å². The average Bonchev–Trinajstić information content (AvgIpc) is 3.38. The molecule has 3 aliphatic rings. The zero-order valence-electron chi connectivity index (χ0n) is 18.6. The predicted molar refractivity (Wildman–Crippen MR) is 128 cm³/mol. The van der Waals surface area contributed by atoms with Gasteiger partial charge in [-0.05, 0) is 68.7 Å². The van der Waals surface area contributed by atoms with Crippen molar-refractivity contribution in [3.63, 3.8) is 0 Å². The number of hydrogen-bond acceptors (Lipinski definition) is 6. The molecule has 3 heterocycles. The highest BCUT2D eigenvalue weighted by Crippen LogP contribution is 2.51. The molecule has 3 fully saturated rings. The molecule has 6 rings (SSSR count). The lowest BCUT2D eigenvalue weighted by atomic mass is 9.66. The summed E-state index contributed by atoms with van der Waals surface area (Å²) in [5.41, 5.74) is 3.70. The second-order valence-corrected chi connectivity index (χ2v) is 10.6. The molecule has 1 spiro atoms. The van der Waals surface area contributed by atoms with Crippen molar-refractivity contribution >= 4 is 29.0 Å². The lowest BCUT2D eigenvalue weighted by Gasteiger charge is -2.44. The average molecular weight is 485 g/mol. The maximum absolute atomic E-state index is 6.48. The molecule has 1 aromatic carbocycles. The van der Waals surface area contributed by atoms with Crippen LogP contribution in [0.1, 0.15) is 55.0 Å². The van der Waals surface area contributed by atoms with Crippen molar-refractivity contribution in [2.45, 2.75) is 57.7 Å². The molecule has 1 saturated heterocycles. The summed E-state index contributed by atoms with van der Waals surface area (Å²) >= 11 is 13.0. The molecule has 0 bridgehead atoms. The summed E-state index contributed by atoms with van der Waals surface area (Å²) < 4.78 is 12.2. The monoisotopic (exact) mass is 484 g/mol. The van der Waals surface area contributed by atoms with Crippen LogP contribution < -0.4 is 4.90 Å². The maximum Gasteiger partial charge on any atom is 0.151 e. The smallest absolute Gasteiger partial charge is 0.151 e. The fourth-order valence-electron chi connectivity index (χ4n) is 5.30. The molecule has 8 heteroatoms. The molecule has 0 atom stereocenters. The van der Waals surface area contributed by atoms with E-state index in [-0.39, 0.29) is 6.10 Å². The van der Waals surface area contributed by atoms with Gasteiger partial charge in [0, 0.05) is 30.1 Å². The number of aryl methyl sites for hydroxylation is 1. The van der Waals surface area contributed by atoms with E-state index in [0.29, 0.717) is 33.7 Å². The van der Waals surface area contributed by atoms with Crippen LogP contribution in [0.2, 0.25) is 10.0 Å². The molecule has 1 aliphatic heterocycles. The molecule has 2 aromatic heterocycles. The van der Waals surface area contributed by atoms with E-state index in [1.165, 1.54) is 6.42 Å². The summed E-state index contributed by atoms with van der Waals surface area (Å²) in [7, 11) is 0. The van der Waals surface area contributed by atoms with Gasteiger partial charge in [0.15, 0.2) is 5.82 Å². The molecule has 172 valence electrons. The van der Waals surface area contributed by atoms with Crippen LogP contribution in [-0.4, -0.2) is 34.5 Å². The Balaban J connectivity index is 1.13. The summed E-state index contributed by atoms with van der Waals surface area (Å²) in [5, 5.41) is 14.1. The van der Waals surface area contributed by atoms with Crippen LogP contribution in [0.25, 0.3) is 11.3 Å². The van der Waals surface area contributed by atoms with E-state index in [9.17, 15) is 0 Å². The highest BCUT2D eigenvalue weighted by Gasteiger charge is 2.49. The molecule has 0 N–H and O–H groups in total. The third-order valence-corrected chi connectivity index (χ3v) is 7.93. The SMILES string of the molecule is Cc1ccc(N2CCC3(CC(OCc4c(-c5c(Cl)cccc5Cl)noc4C4CC4)C3)C2)nn1. The third kappa shape index (κ3) is 4.02. The van der Waals surface area contributed by atoms with Gasteiger partial charge in [0.05, 0.1) is 28.5 Å². The van der Waals surface area contributed by atoms with Gasteiger partial charge >= 0.3 is 0 Å². The molecule has 33 heavy (non-hydrogen) atoms. The van der Waals surface area contributed by atoms with Crippen LogP contribution in [0.3, 0.4) is 0 Å². The highest BCUT2D eigenvalue weighted by atomic mass is 35.5. The number of anilines is 1. The van der Waals surface area contributed by atoms with Crippen LogP contribution in [-0.2, 0) is 11.3 Å². The second kappa shape index (κ2) is 8.26. The van der Waals surface area contributed by atoms with Crippen LogP contribution in [0.4, 0.5) is 5.82 Å². The maximum atomic E-state index is 6.48. The predicted octanol–water partition coefficient (Wildman–Crippen LogP) is 6.20. The Bertz CT molecular complexity index is 1150. The number of ether oxygens (including phenoxy) is 1. The summed E-state index contributed by atoms with van der Waals surface area (Å²) in [6, 6.07) is 9.60. The number of rotatable bonds is 6. The number of halogens is 2. The van der Waals surface area contributed by atoms with Gasteiger partial charge in [-0.2, -0.15) is 5.10 Å². The summed E-state index contributed by atoms with van der Waals surface area (Å²) in [5.74, 6) is 2.33. The lowest BCUT2D eigenvalue weighted by molar-refractivity contribution is -0.0796. The van der Waals surface area contributed by atoms with E-state index < -0.39 is 0 Å². The Kier molecular flexibility index (Phi) is 5.35. The molecule has 2 saturated carbocycles. The standard InChI is InChI=1S/C25H26Cl2N4O2/c1-15-5-8-21(29-28-15)31-10-9-25(14-31)11-17(12-25)32-13-18-23(30-33-24(18)16-6-7-16)22-19(26)3-2-4-20(22)27/h2-5,8,16-17H,6-7,9-14H2,1H3. The first-order chi connectivity index (χ1) is 16.0. The fourth-order valence-corrected chi connectivity index (χ4v) is 5.87. The largest absolute Gasteiger partial charge is 0.373 e. The van der Waals surface area contributed by atoms with E-state index >= 15 is 0 Å². The van der Waals surface area contributed by atoms with Crippen molar-refractivity contribution in [2.75, 3.05) is 18.0 Å². The molecular formula is C25H26Cl2N4O2. The van der Waals surface area contributed by atoms with Crippen molar-refractivity contribution in [1.29, 1.82) is 0 Å². The van der Waals surface area contributed by atoms with Gasteiger partial charge in [-0.15, -0.1) is 5.10 Å². The van der Waals surface area contributed by atoms with E-state index in [1.54, 1.807) is 0 Å². The molecule has 0 radical (unpaired) electrons. The summed E-state index contributed by atoms with van der Waals surface area (Å²) in [4.78, 5) is 2.35. The van der Waals surface area contributed by atoms with Crippen LogP contribution in [0, 0.1) is 12.3 Å². The quantitative estimate of drug-likeness (QED) is 0.414. The second-order valence-electron chi connectivity index (χ2n) is 9.79. The molecule has 2 aliphatic carbocycles. The highest BCUT2D eigenvalue weighted by molar-refractivity contribution is 6.39. The number of hydrogen-bond donors (Lipinski definition) is 0. The van der Waals surface area contributed by atoms with Crippen molar-refractivity contribution in [1.82, 2.24) is 15.4 Å². The van der Waals surface area contributed by atoms with Gasteiger partial charge in [-0.25, -0.2) is 0 Å². The Morgan fingerprint density at radius 1 is 1.12 bits per heavy atom. The van der Waals surface area contributed by atoms with Crippen LogP contribution >= 0.6 is 23.2 Å². The Labute approximate surface area is 203 Å². The van der Waals surface area contributed by atoms with Gasteiger partial charge in [-0.1, -0.05) is 34.4 Å². The van der Waals surface area contributed by atoms with Gasteiger partial charge in [0.25, 0.3) is 0 Å². The van der Waals surface area contributed by atoms with Crippen LogP contribution in [0.5, 0.6) is 0 Å². The normalized spacial score (nSPS) is 24.5. The summed E-state index contributed by atoms with van der Waals surface area (Å²) in [6.45, 7) is 4.48. The number of aromatic nitrogens is 3. The first kappa shape index (κ1) is 21.4. The minimum atomic E-state index is 0.241. The Morgan fingerprint density at radius 2 is 1.91 bits per heavy atom. The van der Waals surface area contributed by atoms with Crippen molar-refractivity contribution in [3.8, 4) is 11.3 Å². The van der Waals surface area contributed by atoms with Gasteiger partial charge in [0.2, 0.25) is 0 Å². The fraction of sp³-hybridized carbons (Fsp3) is 0.480. The minimum absolute atomic E-state index is 0.241.